The number of nitro benzene ring substituents is 1. The van der Waals surface area contributed by atoms with E-state index in [1.54, 1.807) is 18.3 Å². The first-order chi connectivity index (χ1) is 15.5. The monoisotopic (exact) mass is 431 g/mol. The Kier molecular flexibility index (Phi) is 6.30. The number of anilines is 3. The van der Waals surface area contributed by atoms with Gasteiger partial charge < -0.3 is 15.5 Å². The van der Waals surface area contributed by atoms with Gasteiger partial charge in [-0.2, -0.15) is 0 Å². The van der Waals surface area contributed by atoms with Gasteiger partial charge in [0.2, 0.25) is 0 Å². The summed E-state index contributed by atoms with van der Waals surface area (Å²) < 4.78 is 0. The van der Waals surface area contributed by atoms with Gasteiger partial charge in [0.05, 0.1) is 28.0 Å². The first-order valence-corrected chi connectivity index (χ1v) is 10.6. The zero-order valence-electron chi connectivity index (χ0n) is 17.8. The molecule has 0 saturated carbocycles. The van der Waals surface area contributed by atoms with Crippen molar-refractivity contribution in [2.75, 3.05) is 28.6 Å². The van der Waals surface area contributed by atoms with Gasteiger partial charge in [0.15, 0.2) is 0 Å². The number of benzene rings is 2. The zero-order valence-corrected chi connectivity index (χ0v) is 17.8. The number of para-hydroxylation sites is 2. The molecule has 1 fully saturated rings. The van der Waals surface area contributed by atoms with Crippen LogP contribution < -0.4 is 15.5 Å². The maximum atomic E-state index is 12.9. The van der Waals surface area contributed by atoms with E-state index < -0.39 is 4.92 Å². The van der Waals surface area contributed by atoms with Gasteiger partial charge in [-0.05, 0) is 56.2 Å². The van der Waals surface area contributed by atoms with Crippen LogP contribution in [0.5, 0.6) is 0 Å². The minimum atomic E-state index is -0.484. The molecule has 1 saturated heterocycles. The number of aromatic nitrogens is 1. The van der Waals surface area contributed by atoms with E-state index in [-0.39, 0.29) is 23.2 Å². The van der Waals surface area contributed by atoms with Crippen LogP contribution in [0.3, 0.4) is 0 Å². The lowest BCUT2D eigenvalue weighted by Crippen LogP contribution is -2.21. The molecule has 1 unspecified atom stereocenters. The van der Waals surface area contributed by atoms with Crippen molar-refractivity contribution < 1.29 is 9.72 Å². The zero-order chi connectivity index (χ0) is 22.5. The number of amides is 1. The summed E-state index contributed by atoms with van der Waals surface area (Å²) in [6.07, 6.45) is 3.93. The summed E-state index contributed by atoms with van der Waals surface area (Å²) in [6.45, 7) is 3.78. The molecule has 2 aromatic carbocycles. The van der Waals surface area contributed by atoms with Crippen LogP contribution in [0.15, 0.2) is 66.9 Å². The third kappa shape index (κ3) is 4.69. The number of hydrogen-bond acceptors (Lipinski definition) is 6. The van der Waals surface area contributed by atoms with E-state index >= 15 is 0 Å². The number of hydrogen-bond donors (Lipinski definition) is 2. The number of nitro groups is 1. The molecule has 2 N–H and O–H groups in total. The lowest BCUT2D eigenvalue weighted by molar-refractivity contribution is -0.384. The number of carbonyl (C=O) groups excluding carboxylic acids is 1. The fourth-order valence-corrected chi connectivity index (χ4v) is 3.89. The molecule has 0 radical (unpaired) electrons. The standard InChI is InChI=1S/C24H25N5O3/c1-17(19-8-4-5-13-25-19)26-21-12-11-18(16-23(21)29(31)32)24(30)27-20-9-2-3-10-22(20)28-14-6-7-15-28/h2-5,8-13,16-17,26H,6-7,14-15H2,1H3,(H,27,30). The van der Waals surface area contributed by atoms with Crippen LogP contribution in [0.4, 0.5) is 22.7 Å². The summed E-state index contributed by atoms with van der Waals surface area (Å²) in [5, 5.41) is 17.8. The van der Waals surface area contributed by atoms with E-state index in [0.717, 1.165) is 37.3 Å². The maximum Gasteiger partial charge on any atom is 0.293 e. The minimum absolute atomic E-state index is 0.159. The first-order valence-electron chi connectivity index (χ1n) is 10.6. The predicted molar refractivity (Wildman–Crippen MR) is 125 cm³/mol. The van der Waals surface area contributed by atoms with Crippen molar-refractivity contribution in [3.8, 4) is 0 Å². The Morgan fingerprint density at radius 2 is 1.81 bits per heavy atom. The van der Waals surface area contributed by atoms with E-state index in [9.17, 15) is 14.9 Å². The Balaban J connectivity index is 1.55. The molecular weight excluding hydrogens is 406 g/mol. The van der Waals surface area contributed by atoms with E-state index in [2.05, 4.69) is 20.5 Å². The summed E-state index contributed by atoms with van der Waals surface area (Å²) in [6, 6.07) is 17.4. The SMILES string of the molecule is CC(Nc1ccc(C(=O)Nc2ccccc2N2CCCC2)cc1[N+](=O)[O-])c1ccccn1. The Labute approximate surface area is 186 Å². The normalized spacial score (nSPS) is 14.1. The molecule has 1 aliphatic heterocycles. The van der Waals surface area contributed by atoms with Gasteiger partial charge in [0.25, 0.3) is 11.6 Å². The summed E-state index contributed by atoms with van der Waals surface area (Å²) in [5.41, 5.74) is 2.84. The second-order valence-electron chi connectivity index (χ2n) is 7.78. The van der Waals surface area contributed by atoms with Gasteiger partial charge in [0, 0.05) is 30.9 Å². The van der Waals surface area contributed by atoms with E-state index in [1.807, 2.05) is 49.4 Å². The number of carbonyl (C=O) groups is 1. The minimum Gasteiger partial charge on any atom is -0.371 e. The number of pyridine rings is 1. The summed E-state index contributed by atoms with van der Waals surface area (Å²) >= 11 is 0. The van der Waals surface area contributed by atoms with Gasteiger partial charge >= 0.3 is 0 Å². The molecule has 0 spiro atoms. The Hall–Kier alpha value is -3.94. The summed E-state index contributed by atoms with van der Waals surface area (Å²) in [7, 11) is 0. The van der Waals surface area contributed by atoms with Gasteiger partial charge in [0.1, 0.15) is 5.69 Å². The van der Waals surface area contributed by atoms with Gasteiger partial charge in [-0.15, -0.1) is 0 Å². The van der Waals surface area contributed by atoms with Gasteiger partial charge in [-0.1, -0.05) is 18.2 Å². The highest BCUT2D eigenvalue weighted by molar-refractivity contribution is 6.06. The first kappa shape index (κ1) is 21.3. The van der Waals surface area contributed by atoms with Crippen molar-refractivity contribution in [1.29, 1.82) is 0 Å². The smallest absolute Gasteiger partial charge is 0.293 e. The molecule has 1 amide bonds. The Bertz CT molecular complexity index is 1110. The number of nitrogens with zero attached hydrogens (tertiary/aromatic N) is 3. The van der Waals surface area contributed by atoms with Crippen LogP contribution in [0.2, 0.25) is 0 Å². The Morgan fingerprint density at radius 1 is 1.06 bits per heavy atom. The fraction of sp³-hybridized carbons (Fsp3) is 0.250. The molecule has 8 nitrogen and oxygen atoms in total. The van der Waals surface area contributed by atoms with Crippen molar-refractivity contribution in [3.63, 3.8) is 0 Å². The second-order valence-corrected chi connectivity index (χ2v) is 7.78. The molecule has 4 rings (SSSR count). The second kappa shape index (κ2) is 9.47. The van der Waals surface area contributed by atoms with E-state index in [0.29, 0.717) is 11.4 Å². The fourth-order valence-electron chi connectivity index (χ4n) is 3.89. The molecule has 2 heterocycles. The predicted octanol–water partition coefficient (Wildman–Crippen LogP) is 5.02. The summed E-state index contributed by atoms with van der Waals surface area (Å²) in [5.74, 6) is -0.385. The number of rotatable bonds is 7. The van der Waals surface area contributed by atoms with Crippen molar-refractivity contribution in [2.24, 2.45) is 0 Å². The quantitative estimate of drug-likeness (QED) is 0.403. The van der Waals surface area contributed by atoms with Crippen molar-refractivity contribution in [2.45, 2.75) is 25.8 Å². The largest absolute Gasteiger partial charge is 0.371 e. The van der Waals surface area contributed by atoms with Crippen LogP contribution in [0, 0.1) is 10.1 Å². The molecular formula is C24H25N5O3. The van der Waals surface area contributed by atoms with Crippen LogP contribution >= 0.6 is 0 Å². The van der Waals surface area contributed by atoms with Crippen LogP contribution in [-0.4, -0.2) is 28.9 Å². The lowest BCUT2D eigenvalue weighted by Gasteiger charge is -2.21. The molecule has 8 heteroatoms. The molecule has 0 bridgehead atoms. The van der Waals surface area contributed by atoms with Crippen molar-refractivity contribution >= 4 is 28.7 Å². The Morgan fingerprint density at radius 3 is 2.53 bits per heavy atom. The molecule has 164 valence electrons. The molecule has 0 aliphatic carbocycles. The average molecular weight is 431 g/mol. The lowest BCUT2D eigenvalue weighted by atomic mass is 10.1. The topological polar surface area (TPSA) is 100 Å². The molecule has 1 aromatic heterocycles. The number of nitrogens with one attached hydrogen (secondary N) is 2. The molecule has 32 heavy (non-hydrogen) atoms. The van der Waals surface area contributed by atoms with Crippen LogP contribution in [0.1, 0.15) is 41.9 Å². The van der Waals surface area contributed by atoms with E-state index in [1.165, 1.54) is 6.07 Å². The average Bonchev–Trinajstić information content (AvgIpc) is 3.35. The molecule has 3 aromatic rings. The maximum absolute atomic E-state index is 12.9. The van der Waals surface area contributed by atoms with Crippen LogP contribution in [0.25, 0.3) is 0 Å². The van der Waals surface area contributed by atoms with Crippen molar-refractivity contribution in [3.05, 3.63) is 88.2 Å². The molecule has 1 atom stereocenters. The van der Waals surface area contributed by atoms with E-state index in [4.69, 9.17) is 0 Å². The highest BCUT2D eigenvalue weighted by Crippen LogP contribution is 2.31. The van der Waals surface area contributed by atoms with Crippen molar-refractivity contribution in [1.82, 2.24) is 4.98 Å². The van der Waals surface area contributed by atoms with Gasteiger partial charge in [-0.25, -0.2) is 0 Å². The van der Waals surface area contributed by atoms with Gasteiger partial charge in [-0.3, -0.25) is 19.9 Å². The third-order valence-corrected chi connectivity index (χ3v) is 5.56. The highest BCUT2D eigenvalue weighted by Gasteiger charge is 2.21. The van der Waals surface area contributed by atoms with Crippen LogP contribution in [-0.2, 0) is 0 Å². The molecule has 1 aliphatic rings. The summed E-state index contributed by atoms with van der Waals surface area (Å²) in [4.78, 5) is 30.7. The highest BCUT2D eigenvalue weighted by atomic mass is 16.6. The third-order valence-electron chi connectivity index (χ3n) is 5.56.